The minimum Gasteiger partial charge on any atom is -0.335 e. The van der Waals surface area contributed by atoms with Crippen LogP contribution in [0.5, 0.6) is 0 Å². The van der Waals surface area contributed by atoms with Crippen LogP contribution in [0.2, 0.25) is 5.02 Å². The average molecular weight is 334 g/mol. The smallest absolute Gasteiger partial charge is 0.282 e. The molecule has 1 fully saturated rings. The fourth-order valence-electron chi connectivity index (χ4n) is 2.50. The summed E-state index contributed by atoms with van der Waals surface area (Å²) in [5.74, 6) is -0.348. The van der Waals surface area contributed by atoms with Crippen molar-refractivity contribution in [2.45, 2.75) is 25.9 Å². The highest BCUT2D eigenvalue weighted by Gasteiger charge is 2.29. The van der Waals surface area contributed by atoms with Gasteiger partial charge in [-0.2, -0.15) is 0 Å². The molecule has 2 atom stereocenters. The van der Waals surface area contributed by atoms with Gasteiger partial charge in [-0.3, -0.25) is 14.9 Å². The number of hydrogen-bond donors (Lipinski definition) is 1. The maximum Gasteiger partial charge on any atom is 0.282 e. The number of nitrogens with zero attached hydrogens (tertiary/aromatic N) is 2. The van der Waals surface area contributed by atoms with E-state index in [4.69, 9.17) is 11.6 Å². The lowest BCUT2D eigenvalue weighted by Crippen LogP contribution is -2.55. The van der Waals surface area contributed by atoms with Gasteiger partial charge in [-0.05, 0) is 26.0 Å². The van der Waals surface area contributed by atoms with Gasteiger partial charge in [-0.15, -0.1) is 12.4 Å². The Hall–Kier alpha value is -1.37. The Morgan fingerprint density at radius 2 is 1.95 bits per heavy atom. The molecule has 6 nitrogen and oxygen atoms in total. The van der Waals surface area contributed by atoms with Crippen LogP contribution in [0, 0.1) is 10.1 Å². The molecule has 2 rings (SSSR count). The fourth-order valence-corrected chi connectivity index (χ4v) is 2.67. The van der Waals surface area contributed by atoms with Crippen molar-refractivity contribution in [2.75, 3.05) is 13.1 Å². The Labute approximate surface area is 134 Å². The first-order chi connectivity index (χ1) is 9.38. The van der Waals surface area contributed by atoms with Crippen molar-refractivity contribution in [1.82, 2.24) is 10.2 Å². The van der Waals surface area contributed by atoms with E-state index in [0.717, 1.165) is 0 Å². The maximum atomic E-state index is 12.5. The van der Waals surface area contributed by atoms with Crippen LogP contribution in [0.4, 0.5) is 5.69 Å². The molecule has 1 saturated heterocycles. The first-order valence-corrected chi connectivity index (χ1v) is 6.75. The zero-order valence-electron chi connectivity index (χ0n) is 11.7. The predicted molar refractivity (Wildman–Crippen MR) is 83.3 cm³/mol. The van der Waals surface area contributed by atoms with Crippen LogP contribution in [-0.4, -0.2) is 40.9 Å². The summed E-state index contributed by atoms with van der Waals surface area (Å²) >= 11 is 5.86. The van der Waals surface area contributed by atoms with E-state index in [1.807, 2.05) is 13.8 Å². The molecule has 0 aliphatic carbocycles. The Morgan fingerprint density at radius 1 is 1.38 bits per heavy atom. The fraction of sp³-hybridized carbons (Fsp3) is 0.462. The van der Waals surface area contributed by atoms with Gasteiger partial charge in [0.25, 0.3) is 11.6 Å². The van der Waals surface area contributed by atoms with Crippen LogP contribution >= 0.6 is 24.0 Å². The van der Waals surface area contributed by atoms with Crippen LogP contribution in [0.25, 0.3) is 0 Å². The van der Waals surface area contributed by atoms with Gasteiger partial charge >= 0.3 is 0 Å². The normalized spacial score (nSPS) is 21.6. The van der Waals surface area contributed by atoms with E-state index in [-0.39, 0.29) is 41.6 Å². The summed E-state index contributed by atoms with van der Waals surface area (Å²) in [6.07, 6.45) is 0. The molecule has 0 radical (unpaired) electrons. The predicted octanol–water partition coefficient (Wildman–Crippen LogP) is 2.49. The van der Waals surface area contributed by atoms with Gasteiger partial charge in [0, 0.05) is 36.3 Å². The zero-order valence-corrected chi connectivity index (χ0v) is 13.3. The Morgan fingerprint density at radius 3 is 2.48 bits per heavy atom. The molecule has 1 aromatic rings. The number of amides is 1. The van der Waals surface area contributed by atoms with Crippen LogP contribution < -0.4 is 5.32 Å². The van der Waals surface area contributed by atoms with Gasteiger partial charge in [0.2, 0.25) is 0 Å². The van der Waals surface area contributed by atoms with Crippen LogP contribution in [-0.2, 0) is 0 Å². The lowest BCUT2D eigenvalue weighted by molar-refractivity contribution is -0.385. The molecular weight excluding hydrogens is 317 g/mol. The summed E-state index contributed by atoms with van der Waals surface area (Å²) in [4.78, 5) is 24.6. The van der Waals surface area contributed by atoms with E-state index in [1.165, 1.54) is 18.2 Å². The lowest BCUT2D eigenvalue weighted by Gasteiger charge is -2.36. The van der Waals surface area contributed by atoms with E-state index in [0.29, 0.717) is 18.1 Å². The Kier molecular flexibility index (Phi) is 5.95. The van der Waals surface area contributed by atoms with E-state index in [1.54, 1.807) is 4.90 Å². The molecule has 0 saturated carbocycles. The second-order valence-corrected chi connectivity index (χ2v) is 5.53. The number of nitrogens with one attached hydrogen (secondary N) is 1. The number of nitro groups is 1. The minimum absolute atomic E-state index is 0. The van der Waals surface area contributed by atoms with E-state index in [9.17, 15) is 14.9 Å². The van der Waals surface area contributed by atoms with Gasteiger partial charge in [0.1, 0.15) is 5.56 Å². The number of carbonyl (C=O) groups is 1. The summed E-state index contributed by atoms with van der Waals surface area (Å²) in [5.41, 5.74) is -0.165. The van der Waals surface area contributed by atoms with Crippen molar-refractivity contribution in [3.05, 3.63) is 38.9 Å². The number of hydrogen-bond acceptors (Lipinski definition) is 4. The maximum absolute atomic E-state index is 12.5. The largest absolute Gasteiger partial charge is 0.335 e. The highest BCUT2D eigenvalue weighted by molar-refractivity contribution is 6.31. The molecule has 21 heavy (non-hydrogen) atoms. The third-order valence-corrected chi connectivity index (χ3v) is 3.47. The number of piperazine rings is 1. The molecule has 1 aliphatic rings. The van der Waals surface area contributed by atoms with Gasteiger partial charge in [0.15, 0.2) is 0 Å². The van der Waals surface area contributed by atoms with E-state index in [2.05, 4.69) is 5.32 Å². The van der Waals surface area contributed by atoms with Crippen molar-refractivity contribution in [2.24, 2.45) is 0 Å². The molecule has 1 N–H and O–H groups in total. The summed E-state index contributed by atoms with van der Waals surface area (Å²) < 4.78 is 0. The van der Waals surface area contributed by atoms with Gasteiger partial charge < -0.3 is 10.2 Å². The summed E-state index contributed by atoms with van der Waals surface area (Å²) in [7, 11) is 0. The van der Waals surface area contributed by atoms with Gasteiger partial charge in [-0.25, -0.2) is 0 Å². The quantitative estimate of drug-likeness (QED) is 0.666. The number of nitro benzene ring substituents is 1. The molecule has 0 aromatic heterocycles. The monoisotopic (exact) mass is 333 g/mol. The molecule has 1 aliphatic heterocycles. The Balaban J connectivity index is 0.00000220. The zero-order chi connectivity index (χ0) is 14.9. The molecule has 116 valence electrons. The standard InChI is InChI=1S/C13H16ClN3O3.ClH/c1-8-6-16(7-9(2)15-8)13(18)11-5-10(14)3-4-12(11)17(19)20;/h3-5,8-9,15H,6-7H2,1-2H3;1H. The van der Waals surface area contributed by atoms with Crippen molar-refractivity contribution in [3.63, 3.8) is 0 Å². The van der Waals surface area contributed by atoms with Gasteiger partial charge in [-0.1, -0.05) is 11.6 Å². The Bertz CT molecular complexity index is 543. The second kappa shape index (κ2) is 7.06. The van der Waals surface area contributed by atoms with Crippen molar-refractivity contribution in [1.29, 1.82) is 0 Å². The molecule has 2 unspecified atom stereocenters. The molecular formula is C13H17Cl2N3O3. The van der Waals surface area contributed by atoms with Gasteiger partial charge in [0.05, 0.1) is 4.92 Å². The molecule has 1 aromatic carbocycles. The van der Waals surface area contributed by atoms with Crippen LogP contribution in [0.1, 0.15) is 24.2 Å². The van der Waals surface area contributed by atoms with Crippen molar-refractivity contribution >= 4 is 35.6 Å². The van der Waals surface area contributed by atoms with Crippen molar-refractivity contribution < 1.29 is 9.72 Å². The van der Waals surface area contributed by atoms with E-state index >= 15 is 0 Å². The molecule has 1 amide bonds. The SMILES string of the molecule is CC1CN(C(=O)c2cc(Cl)ccc2[N+](=O)[O-])CC(C)N1.Cl. The number of benzene rings is 1. The number of carbonyl (C=O) groups excluding carboxylic acids is 1. The third-order valence-electron chi connectivity index (χ3n) is 3.23. The van der Waals surface area contributed by atoms with Crippen molar-refractivity contribution in [3.8, 4) is 0 Å². The molecule has 8 heteroatoms. The first-order valence-electron chi connectivity index (χ1n) is 6.37. The minimum atomic E-state index is -0.557. The summed E-state index contributed by atoms with van der Waals surface area (Å²) in [6.45, 7) is 4.99. The first kappa shape index (κ1) is 17.7. The number of rotatable bonds is 2. The lowest BCUT2D eigenvalue weighted by atomic mass is 10.1. The topological polar surface area (TPSA) is 75.5 Å². The highest BCUT2D eigenvalue weighted by Crippen LogP contribution is 2.24. The average Bonchev–Trinajstić information content (AvgIpc) is 2.36. The molecule has 0 bridgehead atoms. The van der Waals surface area contributed by atoms with Crippen LogP contribution in [0.3, 0.4) is 0 Å². The third kappa shape index (κ3) is 4.06. The molecule has 1 heterocycles. The van der Waals surface area contributed by atoms with E-state index < -0.39 is 4.92 Å². The molecule has 0 spiro atoms. The van der Waals surface area contributed by atoms with Crippen LogP contribution in [0.15, 0.2) is 18.2 Å². The second-order valence-electron chi connectivity index (χ2n) is 5.10. The summed E-state index contributed by atoms with van der Waals surface area (Å²) in [5, 5.41) is 14.7. The number of halogens is 2. The highest BCUT2D eigenvalue weighted by atomic mass is 35.5. The summed E-state index contributed by atoms with van der Waals surface area (Å²) in [6, 6.07) is 4.35.